The molecule has 0 bridgehead atoms. The van der Waals surface area contributed by atoms with Gasteiger partial charge in [0.1, 0.15) is 6.54 Å². The van der Waals surface area contributed by atoms with E-state index >= 15 is 0 Å². The fourth-order valence-corrected chi connectivity index (χ4v) is 4.29. The zero-order valence-corrected chi connectivity index (χ0v) is 18.2. The topological polar surface area (TPSA) is 76.3 Å². The van der Waals surface area contributed by atoms with Crippen LogP contribution in [0.3, 0.4) is 0 Å². The van der Waals surface area contributed by atoms with Crippen LogP contribution in [0.1, 0.15) is 52.4 Å². The molecule has 2 heterocycles. The molecule has 7 heteroatoms. The molecule has 3 rings (SSSR count). The Hall–Kier alpha value is -2.57. The third-order valence-electron chi connectivity index (χ3n) is 6.01. The van der Waals surface area contributed by atoms with Crippen molar-refractivity contribution in [1.29, 1.82) is 0 Å². The van der Waals surface area contributed by atoms with Crippen molar-refractivity contribution < 1.29 is 9.59 Å². The standard InChI is InChI=1S/C23H34N4O3/c1-3-5-6-9-14-24-22(29)18-11-10-15-25(16-18)21(28)17-27-20-13-8-7-12-19(20)26(4-2)23(27)30/h7-8,12-13,18H,3-6,9-11,14-17H2,1-2H3,(H,24,29). The van der Waals surface area contributed by atoms with Crippen LogP contribution in [0.15, 0.2) is 29.1 Å². The lowest BCUT2D eigenvalue weighted by atomic mass is 9.97. The predicted octanol–water partition coefficient (Wildman–Crippen LogP) is 2.76. The summed E-state index contributed by atoms with van der Waals surface area (Å²) in [5.41, 5.74) is 1.46. The molecule has 2 aromatic rings. The van der Waals surface area contributed by atoms with Gasteiger partial charge in [0.2, 0.25) is 11.8 Å². The van der Waals surface area contributed by atoms with Crippen LogP contribution in [0, 0.1) is 5.92 Å². The van der Waals surface area contributed by atoms with Gasteiger partial charge in [-0.05, 0) is 38.3 Å². The van der Waals surface area contributed by atoms with Gasteiger partial charge in [-0.2, -0.15) is 0 Å². The fraction of sp³-hybridized carbons (Fsp3) is 0.609. The van der Waals surface area contributed by atoms with Crippen molar-refractivity contribution >= 4 is 22.8 Å². The molecule has 1 atom stereocenters. The number of nitrogens with one attached hydrogen (secondary N) is 1. The number of amides is 2. The van der Waals surface area contributed by atoms with E-state index in [1.807, 2.05) is 31.2 Å². The Bertz CT molecular complexity index is 930. The van der Waals surface area contributed by atoms with Crippen molar-refractivity contribution in [2.45, 2.75) is 65.5 Å². The first-order chi connectivity index (χ1) is 14.6. The minimum Gasteiger partial charge on any atom is -0.356 e. The molecule has 0 aliphatic carbocycles. The van der Waals surface area contributed by atoms with Gasteiger partial charge in [-0.15, -0.1) is 0 Å². The number of rotatable bonds is 9. The highest BCUT2D eigenvalue weighted by molar-refractivity contribution is 5.83. The van der Waals surface area contributed by atoms with Crippen LogP contribution in [-0.2, 0) is 22.7 Å². The van der Waals surface area contributed by atoms with Crippen LogP contribution in [0.5, 0.6) is 0 Å². The third kappa shape index (κ3) is 4.94. The van der Waals surface area contributed by atoms with E-state index in [0.29, 0.717) is 26.2 Å². The normalized spacial score (nSPS) is 16.7. The van der Waals surface area contributed by atoms with E-state index in [1.54, 1.807) is 14.0 Å². The predicted molar refractivity (Wildman–Crippen MR) is 118 cm³/mol. The summed E-state index contributed by atoms with van der Waals surface area (Å²) >= 11 is 0. The van der Waals surface area contributed by atoms with Gasteiger partial charge in [0.25, 0.3) is 0 Å². The SMILES string of the molecule is CCCCCCNC(=O)C1CCCN(C(=O)Cn2c(=O)n(CC)c3ccccc32)C1. The van der Waals surface area contributed by atoms with Crippen molar-refractivity contribution in [1.82, 2.24) is 19.4 Å². The van der Waals surface area contributed by atoms with E-state index in [2.05, 4.69) is 12.2 Å². The molecule has 1 aromatic heterocycles. The van der Waals surface area contributed by atoms with Gasteiger partial charge in [-0.25, -0.2) is 4.79 Å². The van der Waals surface area contributed by atoms with Crippen molar-refractivity contribution in [3.8, 4) is 0 Å². The average molecular weight is 415 g/mol. The maximum atomic E-state index is 13.0. The minimum absolute atomic E-state index is 0.0116. The lowest BCUT2D eigenvalue weighted by Gasteiger charge is -2.32. The Morgan fingerprint density at radius 3 is 2.50 bits per heavy atom. The van der Waals surface area contributed by atoms with Crippen LogP contribution in [0.25, 0.3) is 11.0 Å². The van der Waals surface area contributed by atoms with E-state index in [4.69, 9.17) is 0 Å². The summed E-state index contributed by atoms with van der Waals surface area (Å²) < 4.78 is 3.24. The molecule has 1 aromatic carbocycles. The number of likely N-dealkylation sites (tertiary alicyclic amines) is 1. The second-order valence-corrected chi connectivity index (χ2v) is 8.13. The molecule has 1 saturated heterocycles. The highest BCUT2D eigenvalue weighted by atomic mass is 16.2. The van der Waals surface area contributed by atoms with E-state index in [9.17, 15) is 14.4 Å². The second kappa shape index (κ2) is 10.5. The van der Waals surface area contributed by atoms with Gasteiger partial charge < -0.3 is 10.2 Å². The van der Waals surface area contributed by atoms with Crippen LogP contribution in [0.4, 0.5) is 0 Å². The molecule has 1 N–H and O–H groups in total. The summed E-state index contributed by atoms with van der Waals surface area (Å²) in [6, 6.07) is 7.56. The molecule has 1 unspecified atom stereocenters. The van der Waals surface area contributed by atoms with E-state index < -0.39 is 0 Å². The van der Waals surface area contributed by atoms with Crippen LogP contribution in [-0.4, -0.2) is 45.5 Å². The molecular weight excluding hydrogens is 380 g/mol. The lowest BCUT2D eigenvalue weighted by Crippen LogP contribution is -2.47. The molecule has 1 aliphatic rings. The van der Waals surface area contributed by atoms with Crippen LogP contribution < -0.4 is 11.0 Å². The number of carbonyl (C=O) groups excluding carboxylic acids is 2. The number of para-hydroxylation sites is 2. The number of aryl methyl sites for hydroxylation is 1. The molecule has 2 amide bonds. The number of benzene rings is 1. The smallest absolute Gasteiger partial charge is 0.329 e. The number of fused-ring (bicyclic) bond motifs is 1. The van der Waals surface area contributed by atoms with Gasteiger partial charge in [0, 0.05) is 26.2 Å². The van der Waals surface area contributed by atoms with Crippen LogP contribution >= 0.6 is 0 Å². The molecule has 0 spiro atoms. The zero-order chi connectivity index (χ0) is 21.5. The van der Waals surface area contributed by atoms with Crippen LogP contribution in [0.2, 0.25) is 0 Å². The summed E-state index contributed by atoms with van der Waals surface area (Å²) in [5, 5.41) is 3.03. The van der Waals surface area contributed by atoms with E-state index in [-0.39, 0.29) is 30.0 Å². The maximum Gasteiger partial charge on any atom is 0.329 e. The first-order valence-electron chi connectivity index (χ1n) is 11.3. The molecule has 0 saturated carbocycles. The van der Waals surface area contributed by atoms with Gasteiger partial charge in [-0.1, -0.05) is 38.3 Å². The van der Waals surface area contributed by atoms with E-state index in [0.717, 1.165) is 36.7 Å². The van der Waals surface area contributed by atoms with Crippen molar-refractivity contribution in [2.24, 2.45) is 5.92 Å². The first kappa shape index (κ1) is 22.1. The second-order valence-electron chi connectivity index (χ2n) is 8.13. The van der Waals surface area contributed by atoms with Gasteiger partial charge in [0.15, 0.2) is 0 Å². The van der Waals surface area contributed by atoms with Crippen molar-refractivity contribution in [3.63, 3.8) is 0 Å². The summed E-state index contributed by atoms with van der Waals surface area (Å²) in [7, 11) is 0. The number of nitrogens with zero attached hydrogens (tertiary/aromatic N) is 3. The third-order valence-corrected chi connectivity index (χ3v) is 6.01. The fourth-order valence-electron chi connectivity index (χ4n) is 4.29. The Labute approximate surface area is 178 Å². The highest BCUT2D eigenvalue weighted by Crippen LogP contribution is 2.18. The summed E-state index contributed by atoms with van der Waals surface area (Å²) in [6.07, 6.45) is 6.11. The first-order valence-corrected chi connectivity index (χ1v) is 11.3. The monoisotopic (exact) mass is 414 g/mol. The zero-order valence-electron chi connectivity index (χ0n) is 18.2. The minimum atomic E-state index is -0.164. The Kier molecular flexibility index (Phi) is 7.71. The molecule has 30 heavy (non-hydrogen) atoms. The molecule has 7 nitrogen and oxygen atoms in total. The van der Waals surface area contributed by atoms with Gasteiger partial charge in [-0.3, -0.25) is 18.7 Å². The Balaban J connectivity index is 1.62. The highest BCUT2D eigenvalue weighted by Gasteiger charge is 2.29. The quantitative estimate of drug-likeness (QED) is 0.641. The molecule has 164 valence electrons. The number of hydrogen-bond donors (Lipinski definition) is 1. The van der Waals surface area contributed by atoms with Gasteiger partial charge in [0.05, 0.1) is 17.0 Å². The lowest BCUT2D eigenvalue weighted by molar-refractivity contribution is -0.136. The molecular formula is C23H34N4O3. The summed E-state index contributed by atoms with van der Waals surface area (Å²) in [5.74, 6) is -0.220. The summed E-state index contributed by atoms with van der Waals surface area (Å²) in [4.78, 5) is 40.0. The number of hydrogen-bond acceptors (Lipinski definition) is 3. The maximum absolute atomic E-state index is 13.0. The number of unbranched alkanes of at least 4 members (excludes halogenated alkanes) is 3. The van der Waals surface area contributed by atoms with Crippen molar-refractivity contribution in [2.75, 3.05) is 19.6 Å². The molecule has 1 fully saturated rings. The Morgan fingerprint density at radius 1 is 1.07 bits per heavy atom. The number of imidazole rings is 1. The number of aromatic nitrogens is 2. The number of piperidine rings is 1. The van der Waals surface area contributed by atoms with E-state index in [1.165, 1.54) is 12.8 Å². The summed E-state index contributed by atoms with van der Waals surface area (Å²) in [6.45, 7) is 6.44. The largest absolute Gasteiger partial charge is 0.356 e. The van der Waals surface area contributed by atoms with Crippen molar-refractivity contribution in [3.05, 3.63) is 34.7 Å². The van der Waals surface area contributed by atoms with Gasteiger partial charge >= 0.3 is 5.69 Å². The molecule has 1 aliphatic heterocycles. The average Bonchev–Trinajstić information content (AvgIpc) is 3.04. The number of carbonyl (C=O) groups is 2. The molecule has 0 radical (unpaired) electrons. The Morgan fingerprint density at radius 2 is 1.80 bits per heavy atom.